The van der Waals surface area contributed by atoms with Gasteiger partial charge in [0.15, 0.2) is 17.5 Å². The Kier molecular flexibility index (Phi) is 7.86. The number of para-hydroxylation sites is 2. The summed E-state index contributed by atoms with van der Waals surface area (Å²) >= 11 is 0. The van der Waals surface area contributed by atoms with Gasteiger partial charge in [-0.2, -0.15) is 0 Å². The lowest BCUT2D eigenvalue weighted by molar-refractivity contribution is 0.669. The zero-order chi connectivity index (χ0) is 38.7. The summed E-state index contributed by atoms with van der Waals surface area (Å²) in [7, 11) is 0. The van der Waals surface area contributed by atoms with E-state index in [1.54, 1.807) is 0 Å². The van der Waals surface area contributed by atoms with Crippen molar-refractivity contribution in [2.75, 3.05) is 0 Å². The zero-order valence-electron chi connectivity index (χ0n) is 32.0. The Morgan fingerprint density at radius 1 is 0.362 bits per heavy atom. The minimum atomic E-state index is 0.595. The minimum absolute atomic E-state index is 0.595. The summed E-state index contributed by atoms with van der Waals surface area (Å²) in [5.41, 5.74) is 14.7. The smallest absolute Gasteiger partial charge is 0.166 e. The van der Waals surface area contributed by atoms with Crippen molar-refractivity contribution in [3.8, 4) is 62.1 Å². The highest BCUT2D eigenvalue weighted by molar-refractivity contribution is 6.11. The van der Waals surface area contributed by atoms with E-state index in [9.17, 15) is 0 Å². The van der Waals surface area contributed by atoms with Gasteiger partial charge in [0.05, 0.1) is 16.7 Å². The summed E-state index contributed by atoms with van der Waals surface area (Å²) in [6.07, 6.45) is 0. The molecule has 0 N–H and O–H groups in total. The first-order valence-corrected chi connectivity index (χ1v) is 19.6. The Labute approximate surface area is 335 Å². The normalized spacial score (nSPS) is 11.6. The fourth-order valence-corrected chi connectivity index (χ4v) is 8.48. The van der Waals surface area contributed by atoms with Gasteiger partial charge in [-0.3, -0.25) is 0 Å². The molecule has 0 unspecified atom stereocenters. The third-order valence-corrected chi connectivity index (χ3v) is 11.1. The van der Waals surface area contributed by atoms with Crippen LogP contribution in [-0.2, 0) is 0 Å². The molecule has 0 bridgehead atoms. The van der Waals surface area contributed by atoms with E-state index in [4.69, 9.17) is 19.4 Å². The van der Waals surface area contributed by atoms with Crippen LogP contribution in [0.25, 0.3) is 106 Å². The maximum Gasteiger partial charge on any atom is 0.166 e. The Morgan fingerprint density at radius 3 is 1.64 bits per heavy atom. The first-order chi connectivity index (χ1) is 28.5. The number of hydrogen-bond donors (Lipinski definition) is 0. The van der Waals surface area contributed by atoms with Gasteiger partial charge < -0.3 is 8.98 Å². The third-order valence-electron chi connectivity index (χ3n) is 11.1. The minimum Gasteiger partial charge on any atom is -0.456 e. The number of furan rings is 1. The molecular formula is C53H36N4O. The maximum absolute atomic E-state index is 6.21. The van der Waals surface area contributed by atoms with E-state index in [2.05, 4.69) is 152 Å². The molecule has 3 heterocycles. The van der Waals surface area contributed by atoms with Gasteiger partial charge in [-0.05, 0) is 84.6 Å². The number of benzene rings is 8. The van der Waals surface area contributed by atoms with Crippen molar-refractivity contribution >= 4 is 43.7 Å². The van der Waals surface area contributed by atoms with E-state index in [-0.39, 0.29) is 0 Å². The van der Waals surface area contributed by atoms with Gasteiger partial charge in [0.1, 0.15) is 11.2 Å². The van der Waals surface area contributed by atoms with Crippen molar-refractivity contribution in [2.45, 2.75) is 13.8 Å². The van der Waals surface area contributed by atoms with Crippen molar-refractivity contribution in [2.24, 2.45) is 0 Å². The van der Waals surface area contributed by atoms with E-state index in [0.717, 1.165) is 66.5 Å². The van der Waals surface area contributed by atoms with Crippen molar-refractivity contribution in [1.82, 2.24) is 19.5 Å². The second-order valence-electron chi connectivity index (χ2n) is 15.0. The molecule has 8 aromatic carbocycles. The number of aryl methyl sites for hydroxylation is 2. The van der Waals surface area contributed by atoms with E-state index < -0.39 is 0 Å². The monoisotopic (exact) mass is 744 g/mol. The van der Waals surface area contributed by atoms with Crippen molar-refractivity contribution < 1.29 is 4.42 Å². The van der Waals surface area contributed by atoms with Gasteiger partial charge in [-0.1, -0.05) is 145 Å². The molecule has 0 aliphatic heterocycles. The highest BCUT2D eigenvalue weighted by Gasteiger charge is 2.21. The van der Waals surface area contributed by atoms with E-state index in [1.165, 1.54) is 33.0 Å². The lowest BCUT2D eigenvalue weighted by Gasteiger charge is -2.16. The number of nitrogens with zero attached hydrogens (tertiary/aromatic N) is 4. The predicted octanol–water partition coefficient (Wildman–Crippen LogP) is 13.8. The zero-order valence-corrected chi connectivity index (χ0v) is 32.0. The molecule has 0 saturated carbocycles. The van der Waals surface area contributed by atoms with Crippen LogP contribution in [0.3, 0.4) is 0 Å². The molecule has 274 valence electrons. The van der Waals surface area contributed by atoms with Crippen LogP contribution in [0.2, 0.25) is 0 Å². The predicted molar refractivity (Wildman–Crippen MR) is 238 cm³/mol. The van der Waals surface area contributed by atoms with Gasteiger partial charge in [-0.15, -0.1) is 0 Å². The van der Waals surface area contributed by atoms with Gasteiger partial charge in [0, 0.05) is 38.2 Å². The second kappa shape index (κ2) is 13.5. The topological polar surface area (TPSA) is 56.7 Å². The first kappa shape index (κ1) is 33.7. The number of hydrogen-bond acceptors (Lipinski definition) is 4. The van der Waals surface area contributed by atoms with Crippen molar-refractivity contribution in [3.05, 3.63) is 193 Å². The van der Waals surface area contributed by atoms with Crippen LogP contribution in [0.15, 0.2) is 186 Å². The van der Waals surface area contributed by atoms with Crippen molar-refractivity contribution in [1.29, 1.82) is 0 Å². The number of fused-ring (bicyclic) bond motifs is 6. The Morgan fingerprint density at radius 2 is 0.897 bits per heavy atom. The largest absolute Gasteiger partial charge is 0.456 e. The standard InChI is InChI=1S/C53H36N4O/c1-33-27-34(2)29-40(28-33)39-22-24-47-43(30-39)41-17-9-11-19-46(41)57(47)48-25-21-37(38-23-26-50-44(31-38)42-18-10-12-20-49(42)58-50)32-45(48)53-55-51(35-13-5-3-6-14-35)54-52(56-53)36-15-7-4-8-16-36/h3-32H,1-2H3. The molecular weight excluding hydrogens is 709 g/mol. The van der Waals surface area contributed by atoms with Gasteiger partial charge in [-0.25, -0.2) is 15.0 Å². The Bertz CT molecular complexity index is 3280. The molecule has 5 heteroatoms. The van der Waals surface area contributed by atoms with Crippen LogP contribution in [0.4, 0.5) is 0 Å². The molecule has 0 amide bonds. The van der Waals surface area contributed by atoms with E-state index in [0.29, 0.717) is 17.5 Å². The summed E-state index contributed by atoms with van der Waals surface area (Å²) in [5.74, 6) is 1.83. The number of rotatable bonds is 6. The van der Waals surface area contributed by atoms with Gasteiger partial charge in [0.25, 0.3) is 0 Å². The molecule has 0 radical (unpaired) electrons. The third kappa shape index (κ3) is 5.75. The lowest BCUT2D eigenvalue weighted by atomic mass is 9.98. The summed E-state index contributed by atoms with van der Waals surface area (Å²) in [6, 6.07) is 63.9. The van der Waals surface area contributed by atoms with Crippen LogP contribution in [0.5, 0.6) is 0 Å². The summed E-state index contributed by atoms with van der Waals surface area (Å²) in [4.78, 5) is 15.6. The highest BCUT2D eigenvalue weighted by atomic mass is 16.3. The molecule has 0 saturated heterocycles. The molecule has 3 aromatic heterocycles. The highest BCUT2D eigenvalue weighted by Crippen LogP contribution is 2.40. The average Bonchev–Trinajstić information content (AvgIpc) is 3.81. The molecule has 0 aliphatic rings. The lowest BCUT2D eigenvalue weighted by Crippen LogP contribution is -2.04. The van der Waals surface area contributed by atoms with Crippen LogP contribution in [0, 0.1) is 13.8 Å². The van der Waals surface area contributed by atoms with Crippen LogP contribution < -0.4 is 0 Å². The van der Waals surface area contributed by atoms with E-state index >= 15 is 0 Å². The molecule has 11 rings (SSSR count). The molecule has 0 spiro atoms. The van der Waals surface area contributed by atoms with Crippen LogP contribution >= 0.6 is 0 Å². The summed E-state index contributed by atoms with van der Waals surface area (Å²) in [5, 5.41) is 4.55. The fourth-order valence-electron chi connectivity index (χ4n) is 8.48. The summed E-state index contributed by atoms with van der Waals surface area (Å²) in [6.45, 7) is 4.32. The quantitative estimate of drug-likeness (QED) is 0.170. The molecule has 5 nitrogen and oxygen atoms in total. The number of aromatic nitrogens is 4. The van der Waals surface area contributed by atoms with Crippen molar-refractivity contribution in [3.63, 3.8) is 0 Å². The van der Waals surface area contributed by atoms with Gasteiger partial charge in [0.2, 0.25) is 0 Å². The van der Waals surface area contributed by atoms with E-state index in [1.807, 2.05) is 48.5 Å². The molecule has 0 fully saturated rings. The Hall–Kier alpha value is -7.63. The first-order valence-electron chi connectivity index (χ1n) is 19.6. The average molecular weight is 745 g/mol. The second-order valence-corrected chi connectivity index (χ2v) is 15.0. The van der Waals surface area contributed by atoms with Crippen LogP contribution in [0.1, 0.15) is 11.1 Å². The summed E-state index contributed by atoms with van der Waals surface area (Å²) < 4.78 is 8.59. The van der Waals surface area contributed by atoms with Crippen LogP contribution in [-0.4, -0.2) is 19.5 Å². The SMILES string of the molecule is Cc1cc(C)cc(-c2ccc3c(c2)c2ccccc2n3-c2ccc(-c3ccc4oc5ccccc5c4c3)cc2-c2nc(-c3ccccc3)nc(-c3ccccc3)n2)c1. The molecule has 11 aromatic rings. The maximum atomic E-state index is 6.21. The molecule has 0 aliphatic carbocycles. The Balaban J connectivity index is 1.19. The molecule has 0 atom stereocenters. The fraction of sp³-hybridized carbons (Fsp3) is 0.0377. The van der Waals surface area contributed by atoms with Gasteiger partial charge >= 0.3 is 0 Å². The molecule has 58 heavy (non-hydrogen) atoms.